The van der Waals surface area contributed by atoms with Crippen LogP contribution in [0.3, 0.4) is 0 Å². The molecule has 0 saturated heterocycles. The summed E-state index contributed by atoms with van der Waals surface area (Å²) in [4.78, 5) is 27.2. The quantitative estimate of drug-likeness (QED) is 0.361. The summed E-state index contributed by atoms with van der Waals surface area (Å²) in [6.45, 7) is 1.45. The molecule has 3 N–H and O–H groups in total. The first-order chi connectivity index (χ1) is 12.9. The molecule has 0 fully saturated rings. The molecule has 7 nitrogen and oxygen atoms in total. The van der Waals surface area contributed by atoms with Crippen LogP contribution in [0.5, 0.6) is 0 Å². The lowest BCUT2D eigenvalue weighted by atomic mass is 10.2. The molecule has 0 spiro atoms. The van der Waals surface area contributed by atoms with Crippen LogP contribution in [0.25, 0.3) is 11.0 Å². The van der Waals surface area contributed by atoms with Crippen molar-refractivity contribution < 1.29 is 21.6 Å². The molecule has 3 aromatic rings. The highest BCUT2D eigenvalue weighted by Gasteiger charge is 2.33. The van der Waals surface area contributed by atoms with E-state index in [1.54, 1.807) is 0 Å². The summed E-state index contributed by atoms with van der Waals surface area (Å²) in [6.07, 6.45) is -4.64. The third-order valence-corrected chi connectivity index (χ3v) is 6.30. The van der Waals surface area contributed by atoms with E-state index in [1.165, 1.54) is 41.6 Å². The van der Waals surface area contributed by atoms with Crippen molar-refractivity contribution >= 4 is 49.3 Å². The second-order valence-corrected chi connectivity index (χ2v) is 8.68. The van der Waals surface area contributed by atoms with Gasteiger partial charge in [0.15, 0.2) is 0 Å². The minimum Gasteiger partial charge on any atom is -0.316 e. The lowest BCUT2D eigenvalue weighted by molar-refractivity contribution is -0.138. The van der Waals surface area contributed by atoms with Crippen molar-refractivity contribution in [3.05, 3.63) is 65.7 Å². The topological polar surface area (TPSA) is 112 Å². The van der Waals surface area contributed by atoms with Gasteiger partial charge in [0.1, 0.15) is 0 Å². The molecular weight excluding hydrogens is 514 g/mol. The number of alkyl halides is 3. The standard InChI is InChI=1S/C16H11F3IN3O4S/c1-7-4-11-12(22-15(25)14(24)21-11)6-13(7)28(26,27)23-8-2-3-10(20)9(5-8)16(17,18)19/h2-6,23H,1H3,(H,21,24)(H,22,25). The van der Waals surface area contributed by atoms with E-state index in [4.69, 9.17) is 0 Å². The Kier molecular flexibility index (Phi) is 5.04. The van der Waals surface area contributed by atoms with Gasteiger partial charge in [0, 0.05) is 9.26 Å². The number of nitrogens with one attached hydrogen (secondary N) is 3. The number of sulfonamides is 1. The fourth-order valence-electron chi connectivity index (χ4n) is 2.56. The Morgan fingerprint density at radius 2 is 1.57 bits per heavy atom. The van der Waals surface area contributed by atoms with Gasteiger partial charge in [-0.25, -0.2) is 8.42 Å². The van der Waals surface area contributed by atoms with E-state index in [9.17, 15) is 31.2 Å². The van der Waals surface area contributed by atoms with E-state index in [1.807, 2.05) is 0 Å². The molecule has 0 bridgehead atoms. The van der Waals surface area contributed by atoms with E-state index in [2.05, 4.69) is 14.7 Å². The largest absolute Gasteiger partial charge is 0.417 e. The average molecular weight is 525 g/mol. The zero-order valence-electron chi connectivity index (χ0n) is 13.9. The van der Waals surface area contributed by atoms with Crippen molar-refractivity contribution in [2.75, 3.05) is 4.72 Å². The zero-order valence-corrected chi connectivity index (χ0v) is 16.9. The Bertz CT molecular complexity index is 1310. The number of aromatic nitrogens is 2. The van der Waals surface area contributed by atoms with E-state index in [0.717, 1.165) is 12.1 Å². The van der Waals surface area contributed by atoms with E-state index >= 15 is 0 Å². The Hall–Kier alpha value is -2.35. The molecular formula is C16H11F3IN3O4S. The third-order valence-electron chi connectivity index (χ3n) is 3.83. The Morgan fingerprint density at radius 3 is 2.14 bits per heavy atom. The molecule has 12 heteroatoms. The number of fused-ring (bicyclic) bond motifs is 1. The summed E-state index contributed by atoms with van der Waals surface area (Å²) >= 11 is 1.51. The molecule has 0 aliphatic rings. The number of hydrogen-bond acceptors (Lipinski definition) is 4. The number of anilines is 1. The van der Waals surface area contributed by atoms with Crippen molar-refractivity contribution in [2.24, 2.45) is 0 Å². The third kappa shape index (κ3) is 3.92. The maximum atomic E-state index is 13.0. The summed E-state index contributed by atoms with van der Waals surface area (Å²) in [5.74, 6) is 0. The Balaban J connectivity index is 2.09. The van der Waals surface area contributed by atoms with E-state index in [0.29, 0.717) is 6.07 Å². The SMILES string of the molecule is Cc1cc2[nH]c(=O)c(=O)[nH]c2cc1S(=O)(=O)Nc1ccc(I)c(C(F)(F)F)c1. The van der Waals surface area contributed by atoms with Gasteiger partial charge in [-0.1, -0.05) is 0 Å². The Labute approximate surface area is 169 Å². The van der Waals surface area contributed by atoms with Crippen LogP contribution in [0.1, 0.15) is 11.1 Å². The normalized spacial score (nSPS) is 12.3. The maximum absolute atomic E-state index is 13.0. The first-order valence-electron chi connectivity index (χ1n) is 7.55. The van der Waals surface area contributed by atoms with E-state index < -0.39 is 32.9 Å². The minimum atomic E-state index is -4.64. The van der Waals surface area contributed by atoms with Gasteiger partial charge in [-0.3, -0.25) is 14.3 Å². The molecule has 0 radical (unpaired) electrons. The number of halogens is 4. The van der Waals surface area contributed by atoms with Gasteiger partial charge < -0.3 is 9.97 Å². The van der Waals surface area contributed by atoms with Crippen LogP contribution in [-0.2, 0) is 16.2 Å². The van der Waals surface area contributed by atoms with Crippen LogP contribution in [0.15, 0.2) is 44.8 Å². The lowest BCUT2D eigenvalue weighted by Gasteiger charge is -2.14. The van der Waals surface area contributed by atoms with Crippen LogP contribution in [0, 0.1) is 10.5 Å². The zero-order chi connectivity index (χ0) is 20.9. The van der Waals surface area contributed by atoms with Crippen LogP contribution in [0.2, 0.25) is 0 Å². The average Bonchev–Trinajstić information content (AvgIpc) is 2.56. The summed E-state index contributed by atoms with van der Waals surface area (Å²) in [6, 6.07) is 5.54. The molecule has 0 amide bonds. The summed E-state index contributed by atoms with van der Waals surface area (Å²) in [5, 5.41) is 0. The molecule has 148 valence electrons. The number of hydrogen-bond donors (Lipinski definition) is 3. The smallest absolute Gasteiger partial charge is 0.316 e. The van der Waals surface area contributed by atoms with Gasteiger partial charge in [0.25, 0.3) is 10.0 Å². The van der Waals surface area contributed by atoms with Crippen LogP contribution in [-0.4, -0.2) is 18.4 Å². The number of aryl methyl sites for hydroxylation is 1. The van der Waals surface area contributed by atoms with Gasteiger partial charge in [-0.2, -0.15) is 13.2 Å². The first-order valence-corrected chi connectivity index (χ1v) is 10.1. The van der Waals surface area contributed by atoms with Crippen LogP contribution >= 0.6 is 22.6 Å². The van der Waals surface area contributed by atoms with Gasteiger partial charge in [0.05, 0.1) is 21.5 Å². The summed E-state index contributed by atoms with van der Waals surface area (Å²) < 4.78 is 66.6. The van der Waals surface area contributed by atoms with Gasteiger partial charge in [-0.15, -0.1) is 0 Å². The molecule has 0 unspecified atom stereocenters. The van der Waals surface area contributed by atoms with Gasteiger partial charge >= 0.3 is 17.3 Å². The molecule has 3 rings (SSSR count). The fourth-order valence-corrected chi connectivity index (χ4v) is 4.50. The maximum Gasteiger partial charge on any atom is 0.417 e. The molecule has 0 aliphatic heterocycles. The van der Waals surface area contributed by atoms with Crippen molar-refractivity contribution in [1.29, 1.82) is 0 Å². The molecule has 28 heavy (non-hydrogen) atoms. The van der Waals surface area contributed by atoms with Crippen molar-refractivity contribution in [1.82, 2.24) is 9.97 Å². The summed E-state index contributed by atoms with van der Waals surface area (Å²) in [5.41, 5.74) is -2.57. The molecule has 0 saturated carbocycles. The molecule has 0 aliphatic carbocycles. The monoisotopic (exact) mass is 525 g/mol. The number of rotatable bonds is 3. The van der Waals surface area contributed by atoms with Crippen LogP contribution in [0.4, 0.5) is 18.9 Å². The highest BCUT2D eigenvalue weighted by molar-refractivity contribution is 14.1. The predicted octanol–water partition coefficient (Wildman–Crippen LogP) is 2.95. The highest BCUT2D eigenvalue weighted by Crippen LogP contribution is 2.35. The van der Waals surface area contributed by atoms with E-state index in [-0.39, 0.29) is 30.7 Å². The van der Waals surface area contributed by atoms with Gasteiger partial charge in [-0.05, 0) is 65.4 Å². The van der Waals surface area contributed by atoms with Crippen molar-refractivity contribution in [2.45, 2.75) is 18.0 Å². The Morgan fingerprint density at radius 1 is 1.00 bits per heavy atom. The molecule has 2 aromatic carbocycles. The van der Waals surface area contributed by atoms with Crippen molar-refractivity contribution in [3.63, 3.8) is 0 Å². The number of benzene rings is 2. The lowest BCUT2D eigenvalue weighted by Crippen LogP contribution is -2.29. The second-order valence-electron chi connectivity index (χ2n) is 5.87. The minimum absolute atomic E-state index is 0.0640. The second kappa shape index (κ2) is 6.92. The van der Waals surface area contributed by atoms with Crippen LogP contribution < -0.4 is 15.8 Å². The van der Waals surface area contributed by atoms with Crippen molar-refractivity contribution in [3.8, 4) is 0 Å². The summed E-state index contributed by atoms with van der Waals surface area (Å²) in [7, 11) is -4.27. The first kappa shape index (κ1) is 20.4. The molecule has 1 heterocycles. The highest BCUT2D eigenvalue weighted by atomic mass is 127. The molecule has 1 aromatic heterocycles. The number of aromatic amines is 2. The molecule has 0 atom stereocenters. The number of H-pyrrole nitrogens is 2. The predicted molar refractivity (Wildman–Crippen MR) is 105 cm³/mol. The van der Waals surface area contributed by atoms with Gasteiger partial charge in [0.2, 0.25) is 0 Å². The fraction of sp³-hybridized carbons (Fsp3) is 0.125.